The van der Waals surface area contributed by atoms with Gasteiger partial charge in [0.1, 0.15) is 17.4 Å². The van der Waals surface area contributed by atoms with Crippen molar-refractivity contribution in [2.45, 2.75) is 125 Å². The van der Waals surface area contributed by atoms with Crippen LogP contribution in [0.5, 0.6) is 0 Å². The first-order valence-electron chi connectivity index (χ1n) is 24.6. The third-order valence-corrected chi connectivity index (χ3v) is 15.5. The second-order valence-corrected chi connectivity index (χ2v) is 18.8. The molecule has 4 fully saturated rings. The van der Waals surface area contributed by atoms with Crippen LogP contribution in [0.25, 0.3) is 11.3 Å². The van der Waals surface area contributed by atoms with Gasteiger partial charge in [-0.2, -0.15) is 0 Å². The van der Waals surface area contributed by atoms with Crippen LogP contribution in [-0.2, 0) is 22.4 Å². The Balaban J connectivity index is 0.00000136. The number of anilines is 2. The summed E-state index contributed by atoms with van der Waals surface area (Å²) in [7, 11) is 0. The predicted molar refractivity (Wildman–Crippen MR) is 261 cm³/mol. The first-order chi connectivity index (χ1) is 31.0. The van der Waals surface area contributed by atoms with E-state index in [0.717, 1.165) is 99.0 Å². The normalized spacial score (nSPS) is 24.8. The zero-order chi connectivity index (χ0) is 45.9. The van der Waals surface area contributed by atoms with Crippen molar-refractivity contribution in [3.05, 3.63) is 95.0 Å². The summed E-state index contributed by atoms with van der Waals surface area (Å²) in [5.74, 6) is 0.157. The van der Waals surface area contributed by atoms with Crippen molar-refractivity contribution >= 4 is 45.9 Å². The summed E-state index contributed by atoms with van der Waals surface area (Å²) in [6.45, 7) is 26.1. The maximum atomic E-state index is 14.2. The van der Waals surface area contributed by atoms with Crippen LogP contribution in [-0.4, -0.2) is 77.4 Å². The van der Waals surface area contributed by atoms with Crippen LogP contribution in [0.1, 0.15) is 162 Å². The average Bonchev–Trinajstić information content (AvgIpc) is 4.06. The molecule has 3 aromatic rings. The van der Waals surface area contributed by atoms with Gasteiger partial charge in [0.25, 0.3) is 0 Å². The highest BCUT2D eigenvalue weighted by Gasteiger charge is 2.49. The van der Waals surface area contributed by atoms with Crippen molar-refractivity contribution in [1.82, 2.24) is 14.9 Å². The molecule has 2 saturated carbocycles. The molecule has 4 aliphatic carbocycles. The largest absolute Gasteiger partial charge is 0.370 e. The molecule has 5 unspecified atom stereocenters. The summed E-state index contributed by atoms with van der Waals surface area (Å²) in [6, 6.07) is 14.1. The van der Waals surface area contributed by atoms with E-state index in [2.05, 4.69) is 48.4 Å². The number of rotatable bonds is 10. The second-order valence-electron chi connectivity index (χ2n) is 18.8. The van der Waals surface area contributed by atoms with E-state index in [-0.39, 0.29) is 61.6 Å². The van der Waals surface area contributed by atoms with Gasteiger partial charge in [-0.15, -0.1) is 0 Å². The van der Waals surface area contributed by atoms with Gasteiger partial charge in [0, 0.05) is 93.5 Å². The highest BCUT2D eigenvalue weighted by Crippen LogP contribution is 2.49. The van der Waals surface area contributed by atoms with E-state index in [0.29, 0.717) is 29.6 Å². The Hall–Kier alpha value is -4.96. The molecule has 2 N–H and O–H groups in total. The molecule has 1 aromatic carbocycles. The molecular weight excluding hydrogens is 797 g/mol. The van der Waals surface area contributed by atoms with Crippen LogP contribution in [0.3, 0.4) is 0 Å². The molecule has 5 atom stereocenters. The summed E-state index contributed by atoms with van der Waals surface area (Å²) in [6.07, 6.45) is 9.47. The lowest BCUT2D eigenvalue weighted by atomic mass is 9.77. The van der Waals surface area contributed by atoms with Gasteiger partial charge in [0.05, 0.1) is 29.5 Å². The Morgan fingerprint density at radius 3 is 2.30 bits per heavy atom. The van der Waals surface area contributed by atoms with Crippen molar-refractivity contribution in [3.8, 4) is 0 Å². The first kappa shape index (κ1) is 47.0. The molecule has 2 aromatic heterocycles. The molecule has 0 radical (unpaired) electrons. The maximum Gasteiger partial charge on any atom is 0.177 e. The quantitative estimate of drug-likeness (QED) is 0.119. The number of benzene rings is 1. The fourth-order valence-corrected chi connectivity index (χ4v) is 11.7. The zero-order valence-electron chi connectivity index (χ0n) is 39.5. The van der Waals surface area contributed by atoms with Gasteiger partial charge in [-0.3, -0.25) is 24.2 Å². The van der Waals surface area contributed by atoms with Gasteiger partial charge in [-0.1, -0.05) is 78.8 Å². The van der Waals surface area contributed by atoms with E-state index in [1.165, 1.54) is 36.1 Å². The van der Waals surface area contributed by atoms with Gasteiger partial charge in [-0.05, 0) is 105 Å². The summed E-state index contributed by atoms with van der Waals surface area (Å²) >= 11 is 0. The summed E-state index contributed by atoms with van der Waals surface area (Å²) in [5, 5.41) is 0. The van der Waals surface area contributed by atoms with Gasteiger partial charge in [0.15, 0.2) is 11.6 Å². The summed E-state index contributed by atoms with van der Waals surface area (Å²) < 4.78 is 0. The van der Waals surface area contributed by atoms with Gasteiger partial charge in [-0.25, -0.2) is 4.98 Å². The lowest BCUT2D eigenvalue weighted by Crippen LogP contribution is -2.42. The molecule has 2 saturated heterocycles. The molecule has 2 aliphatic heterocycles. The molecule has 6 aliphatic rings. The summed E-state index contributed by atoms with van der Waals surface area (Å²) in [4.78, 5) is 70.8. The first-order valence-corrected chi connectivity index (χ1v) is 24.6. The van der Waals surface area contributed by atoms with E-state index in [1.54, 1.807) is 6.07 Å². The lowest BCUT2D eigenvalue weighted by molar-refractivity contribution is -0.124. The Bertz CT molecular complexity index is 2280. The molecule has 4 heterocycles. The third-order valence-electron chi connectivity index (χ3n) is 15.5. The third kappa shape index (κ3) is 8.88. The van der Waals surface area contributed by atoms with E-state index in [1.807, 2.05) is 50.8 Å². The molecule has 344 valence electrons. The second kappa shape index (κ2) is 20.1. The summed E-state index contributed by atoms with van der Waals surface area (Å²) in [5.41, 5.74) is 15.3. The molecule has 64 heavy (non-hydrogen) atoms. The molecule has 9 rings (SSSR count). The van der Waals surface area contributed by atoms with Gasteiger partial charge in [0.2, 0.25) is 0 Å². The topological polar surface area (TPSA) is 130 Å². The Labute approximate surface area is 383 Å². The number of nitrogens with two attached hydrogens (primary N) is 1. The van der Waals surface area contributed by atoms with E-state index in [4.69, 9.17) is 22.3 Å². The molecule has 0 amide bonds. The number of ketones is 4. The molecule has 0 bridgehead atoms. The monoisotopic (exact) mass is 871 g/mol. The van der Waals surface area contributed by atoms with Crippen LogP contribution in [0.2, 0.25) is 0 Å². The van der Waals surface area contributed by atoms with Crippen LogP contribution in [0.4, 0.5) is 11.5 Å². The maximum absolute atomic E-state index is 14.2. The van der Waals surface area contributed by atoms with Crippen molar-refractivity contribution in [1.29, 1.82) is 0 Å². The van der Waals surface area contributed by atoms with E-state index in [9.17, 15) is 19.2 Å². The fraction of sp³-hybridized carbons (Fsp3) is 0.556. The standard InChI is InChI=1S/C50H60N6O4.2C2H6.H2/c1-5-54(29-51)32(4)41-12-8-13-42(53-41)39-27-40-38(31(39)3)26-34(25-33-10-6-9-30(33)2)52-49(40)55-22-19-50(20-23-55)21-24-56(28-50)43-14-7-11-37-45(43)48(60)46(47(37)59)36-17-15-35(57)16-18-44(36)58;2*1-2;/h7-8,11-14,26,30,33,36,39,46H,3-6,9-10,15-25,27-29,51H2,1-2H3;2*1-2H3;1H. The molecule has 10 nitrogen and oxygen atoms in total. The van der Waals surface area contributed by atoms with E-state index >= 15 is 0 Å². The number of hydrogen-bond donors (Lipinski definition) is 1. The van der Waals surface area contributed by atoms with Crippen LogP contribution >= 0.6 is 0 Å². The highest BCUT2D eigenvalue weighted by atomic mass is 16.2. The number of carbonyl (C=O) groups is 4. The molecule has 1 spiro atoms. The van der Waals surface area contributed by atoms with Crippen molar-refractivity contribution in [2.75, 3.05) is 49.2 Å². The predicted octanol–water partition coefficient (Wildman–Crippen LogP) is 10.1. The van der Waals surface area contributed by atoms with Crippen molar-refractivity contribution in [2.24, 2.45) is 34.8 Å². The Kier molecular flexibility index (Phi) is 14.7. The van der Waals surface area contributed by atoms with Crippen LogP contribution < -0.4 is 15.5 Å². The number of nitrogens with zero attached hydrogens (tertiary/aromatic N) is 5. The van der Waals surface area contributed by atoms with Gasteiger partial charge < -0.3 is 20.4 Å². The van der Waals surface area contributed by atoms with Crippen molar-refractivity contribution in [3.63, 3.8) is 0 Å². The van der Waals surface area contributed by atoms with E-state index < -0.39 is 11.8 Å². The number of aromatic nitrogens is 2. The number of hydrogen-bond acceptors (Lipinski definition) is 10. The highest BCUT2D eigenvalue weighted by molar-refractivity contribution is 6.29. The number of pyridine rings is 2. The minimum atomic E-state index is -1.02. The molecular formula is C54H74N6O4. The van der Waals surface area contributed by atoms with Crippen LogP contribution in [0.15, 0.2) is 55.6 Å². The number of allylic oxidation sites excluding steroid dienone is 1. The Morgan fingerprint density at radius 2 is 1.61 bits per heavy atom. The smallest absolute Gasteiger partial charge is 0.177 e. The minimum absolute atomic E-state index is 0. The molecule has 10 heteroatoms. The minimum Gasteiger partial charge on any atom is -0.370 e. The zero-order valence-corrected chi connectivity index (χ0v) is 39.5. The van der Waals surface area contributed by atoms with Crippen LogP contribution in [0, 0.1) is 29.1 Å². The average molecular weight is 871 g/mol. The van der Waals surface area contributed by atoms with Crippen molar-refractivity contribution < 1.29 is 20.6 Å². The number of carbonyl (C=O) groups excluding carboxylic acids is 4. The van der Waals surface area contributed by atoms with Gasteiger partial charge >= 0.3 is 0 Å². The SMILES string of the molecule is C=C1c2cc(CC3CCCC3C)nc(N3CCC4(CCN(c5cccc6c5C(=O)C(C5CCC(=O)CCC5=O)C6=O)C4)CC3)c2CC1c1cccc(C(=C)N(CC)CN)n1.CC.CC.[HH]. The number of piperidine rings is 1. The number of fused-ring (bicyclic) bond motifs is 2. The number of Topliss-reactive ketones (excluding diaryl/α,β-unsaturated/α-hetero) is 4. The Morgan fingerprint density at radius 1 is 0.891 bits per heavy atom. The fourth-order valence-electron chi connectivity index (χ4n) is 11.7. The lowest BCUT2D eigenvalue weighted by Gasteiger charge is -2.40.